The first-order valence-corrected chi connectivity index (χ1v) is 6.59. The van der Waals surface area contributed by atoms with Crippen molar-refractivity contribution >= 4 is 5.95 Å². The van der Waals surface area contributed by atoms with Gasteiger partial charge < -0.3 is 14.6 Å². The van der Waals surface area contributed by atoms with E-state index in [1.807, 2.05) is 12.4 Å². The first kappa shape index (κ1) is 13.6. The average molecular weight is 259 g/mol. The van der Waals surface area contributed by atoms with Gasteiger partial charge in [-0.3, -0.25) is 0 Å². The number of aromatic nitrogens is 2. The van der Waals surface area contributed by atoms with Gasteiger partial charge in [0.15, 0.2) is 0 Å². The van der Waals surface area contributed by atoms with Crippen molar-refractivity contribution in [3.63, 3.8) is 0 Å². The molecule has 102 valence electrons. The van der Waals surface area contributed by atoms with Gasteiger partial charge in [-0.05, 0) is 18.9 Å². The van der Waals surface area contributed by atoms with Gasteiger partial charge in [0.25, 0.3) is 0 Å². The zero-order valence-electron chi connectivity index (χ0n) is 11.6. The van der Waals surface area contributed by atoms with Gasteiger partial charge in [-0.1, -0.05) is 29.8 Å². The van der Waals surface area contributed by atoms with E-state index >= 15 is 0 Å². The summed E-state index contributed by atoms with van der Waals surface area (Å²) in [6.45, 7) is 4.51. The molecule has 2 aromatic rings. The number of nitrogens with zero attached hydrogens (tertiary/aromatic N) is 2. The maximum atomic E-state index is 5.02. The van der Waals surface area contributed by atoms with Crippen LogP contribution in [0.15, 0.2) is 36.7 Å². The lowest BCUT2D eigenvalue weighted by atomic mass is 10.1. The van der Waals surface area contributed by atoms with Crippen molar-refractivity contribution in [1.82, 2.24) is 9.55 Å². The van der Waals surface area contributed by atoms with E-state index < -0.39 is 0 Å². The van der Waals surface area contributed by atoms with Crippen LogP contribution in [0.25, 0.3) is 0 Å². The molecule has 0 amide bonds. The molecule has 1 aromatic heterocycles. The summed E-state index contributed by atoms with van der Waals surface area (Å²) in [5, 5.41) is 3.27. The molecular weight excluding hydrogens is 238 g/mol. The van der Waals surface area contributed by atoms with E-state index in [4.69, 9.17) is 4.74 Å². The van der Waals surface area contributed by atoms with Gasteiger partial charge in [0.1, 0.15) is 0 Å². The average Bonchev–Trinajstić information content (AvgIpc) is 2.84. The highest BCUT2D eigenvalue weighted by Gasteiger charge is 2.02. The van der Waals surface area contributed by atoms with E-state index in [-0.39, 0.29) is 0 Å². The second kappa shape index (κ2) is 6.95. The number of benzene rings is 1. The number of anilines is 1. The van der Waals surface area contributed by atoms with Crippen molar-refractivity contribution in [2.75, 3.05) is 25.6 Å². The fourth-order valence-electron chi connectivity index (χ4n) is 2.04. The monoisotopic (exact) mass is 259 g/mol. The Labute approximate surface area is 114 Å². The molecule has 4 heteroatoms. The van der Waals surface area contributed by atoms with Crippen LogP contribution < -0.4 is 5.32 Å². The zero-order valence-corrected chi connectivity index (χ0v) is 11.6. The van der Waals surface area contributed by atoms with Gasteiger partial charge in [-0.15, -0.1) is 0 Å². The van der Waals surface area contributed by atoms with Crippen LogP contribution in [0.5, 0.6) is 0 Å². The summed E-state index contributed by atoms with van der Waals surface area (Å²) in [5.41, 5.74) is 2.66. The number of aryl methyl sites for hydroxylation is 3. The van der Waals surface area contributed by atoms with Crippen LogP contribution in [0.3, 0.4) is 0 Å². The van der Waals surface area contributed by atoms with Crippen LogP contribution in [0, 0.1) is 6.92 Å². The smallest absolute Gasteiger partial charge is 0.202 e. The molecule has 0 aliphatic heterocycles. The number of hydrogen-bond donors (Lipinski definition) is 1. The molecule has 0 radical (unpaired) electrons. The van der Waals surface area contributed by atoms with E-state index in [0.717, 1.165) is 25.5 Å². The second-order valence-corrected chi connectivity index (χ2v) is 4.60. The van der Waals surface area contributed by atoms with Crippen LogP contribution in [0.4, 0.5) is 5.95 Å². The van der Waals surface area contributed by atoms with E-state index in [2.05, 4.69) is 46.1 Å². The number of rotatable bonds is 7. The molecular formula is C15H21N3O. The maximum absolute atomic E-state index is 5.02. The summed E-state index contributed by atoms with van der Waals surface area (Å²) in [6, 6.07) is 8.63. The van der Waals surface area contributed by atoms with Gasteiger partial charge in [0, 0.05) is 32.6 Å². The number of methoxy groups -OCH3 is 1. The molecule has 0 bridgehead atoms. The summed E-state index contributed by atoms with van der Waals surface area (Å²) >= 11 is 0. The minimum atomic E-state index is 0.685. The highest BCUT2D eigenvalue weighted by molar-refractivity contribution is 5.26. The quantitative estimate of drug-likeness (QED) is 0.776. The van der Waals surface area contributed by atoms with Crippen molar-refractivity contribution < 1.29 is 4.74 Å². The number of imidazole rings is 1. The van der Waals surface area contributed by atoms with Crippen molar-refractivity contribution in [3.05, 3.63) is 47.8 Å². The lowest BCUT2D eigenvalue weighted by Crippen LogP contribution is -2.13. The first-order valence-electron chi connectivity index (χ1n) is 6.59. The SMILES string of the molecule is COCCNc1nccn1CCc1cccc(C)c1. The normalized spacial score (nSPS) is 10.6. The number of hydrogen-bond acceptors (Lipinski definition) is 3. The van der Waals surface area contributed by atoms with Gasteiger partial charge in [-0.2, -0.15) is 0 Å². The third kappa shape index (κ3) is 4.10. The Morgan fingerprint density at radius 3 is 3.05 bits per heavy atom. The minimum Gasteiger partial charge on any atom is -0.383 e. The predicted octanol–water partition coefficient (Wildman–Crippen LogP) is 2.49. The molecule has 0 saturated carbocycles. The van der Waals surface area contributed by atoms with Gasteiger partial charge in [-0.25, -0.2) is 4.98 Å². The topological polar surface area (TPSA) is 39.1 Å². The van der Waals surface area contributed by atoms with E-state index in [0.29, 0.717) is 6.61 Å². The van der Waals surface area contributed by atoms with Gasteiger partial charge >= 0.3 is 0 Å². The number of ether oxygens (including phenoxy) is 1. The van der Waals surface area contributed by atoms with Crippen LogP contribution in [0.1, 0.15) is 11.1 Å². The van der Waals surface area contributed by atoms with Gasteiger partial charge in [0.2, 0.25) is 5.95 Å². The van der Waals surface area contributed by atoms with Crippen LogP contribution in [0.2, 0.25) is 0 Å². The minimum absolute atomic E-state index is 0.685. The van der Waals surface area contributed by atoms with Crippen molar-refractivity contribution in [1.29, 1.82) is 0 Å². The van der Waals surface area contributed by atoms with E-state index in [1.54, 1.807) is 7.11 Å². The Balaban J connectivity index is 1.90. The van der Waals surface area contributed by atoms with E-state index in [9.17, 15) is 0 Å². The molecule has 0 atom stereocenters. The molecule has 0 spiro atoms. The third-order valence-electron chi connectivity index (χ3n) is 3.03. The van der Waals surface area contributed by atoms with Crippen molar-refractivity contribution in [2.45, 2.75) is 19.9 Å². The first-order chi connectivity index (χ1) is 9.29. The molecule has 1 heterocycles. The summed E-state index contributed by atoms with van der Waals surface area (Å²) in [6.07, 6.45) is 4.84. The van der Waals surface area contributed by atoms with Crippen molar-refractivity contribution in [2.24, 2.45) is 0 Å². The summed E-state index contributed by atoms with van der Waals surface area (Å²) in [7, 11) is 1.70. The summed E-state index contributed by atoms with van der Waals surface area (Å²) < 4.78 is 7.16. The Morgan fingerprint density at radius 1 is 1.37 bits per heavy atom. The lowest BCUT2D eigenvalue weighted by molar-refractivity contribution is 0.210. The molecule has 1 N–H and O–H groups in total. The Bertz CT molecular complexity index is 508. The second-order valence-electron chi connectivity index (χ2n) is 4.60. The maximum Gasteiger partial charge on any atom is 0.202 e. The summed E-state index contributed by atoms with van der Waals surface area (Å²) in [5.74, 6) is 0.907. The van der Waals surface area contributed by atoms with Crippen molar-refractivity contribution in [3.8, 4) is 0 Å². The summed E-state index contributed by atoms with van der Waals surface area (Å²) in [4.78, 5) is 4.31. The Kier molecular flexibility index (Phi) is 4.98. The van der Waals surface area contributed by atoms with Crippen LogP contribution in [-0.4, -0.2) is 29.8 Å². The molecule has 0 unspecified atom stereocenters. The fourth-order valence-corrected chi connectivity index (χ4v) is 2.04. The fraction of sp³-hybridized carbons (Fsp3) is 0.400. The molecule has 0 saturated heterocycles. The highest BCUT2D eigenvalue weighted by atomic mass is 16.5. The molecule has 0 aliphatic carbocycles. The van der Waals surface area contributed by atoms with E-state index in [1.165, 1.54) is 11.1 Å². The standard InChI is InChI=1S/C15H21N3O/c1-13-4-3-5-14(12-13)6-9-18-10-7-16-15(18)17-8-11-19-2/h3-5,7,10,12H,6,8-9,11H2,1-2H3,(H,16,17). The number of nitrogens with one attached hydrogen (secondary N) is 1. The van der Waals surface area contributed by atoms with Crippen LogP contribution in [-0.2, 0) is 17.7 Å². The Hall–Kier alpha value is -1.81. The largest absolute Gasteiger partial charge is 0.383 e. The molecule has 4 nitrogen and oxygen atoms in total. The predicted molar refractivity (Wildman–Crippen MR) is 77.5 cm³/mol. The molecule has 1 aromatic carbocycles. The lowest BCUT2D eigenvalue weighted by Gasteiger charge is -2.09. The molecule has 19 heavy (non-hydrogen) atoms. The Morgan fingerprint density at radius 2 is 2.26 bits per heavy atom. The zero-order chi connectivity index (χ0) is 13.5. The highest BCUT2D eigenvalue weighted by Crippen LogP contribution is 2.09. The third-order valence-corrected chi connectivity index (χ3v) is 3.03. The van der Waals surface area contributed by atoms with Crippen LogP contribution >= 0.6 is 0 Å². The molecule has 0 aliphatic rings. The molecule has 2 rings (SSSR count). The molecule has 0 fully saturated rings. The van der Waals surface area contributed by atoms with Gasteiger partial charge in [0.05, 0.1) is 6.61 Å².